The first kappa shape index (κ1) is 16.5. The Balaban J connectivity index is 1.44. The number of nitrogens with one attached hydrogen (secondary N) is 1. The van der Waals surface area contributed by atoms with Crippen LogP contribution in [0.5, 0.6) is 0 Å². The minimum absolute atomic E-state index is 0.0881. The van der Waals surface area contributed by atoms with Crippen molar-refractivity contribution in [1.29, 1.82) is 0 Å². The summed E-state index contributed by atoms with van der Waals surface area (Å²) in [4.78, 5) is 12.7. The van der Waals surface area contributed by atoms with E-state index in [9.17, 15) is 4.79 Å². The van der Waals surface area contributed by atoms with Gasteiger partial charge in [0.2, 0.25) is 5.91 Å². The molecular formula is C24H24N2O. The molecular weight excluding hydrogens is 332 g/mol. The Morgan fingerprint density at radius 1 is 1.07 bits per heavy atom. The van der Waals surface area contributed by atoms with E-state index in [1.165, 1.54) is 36.5 Å². The van der Waals surface area contributed by atoms with Crippen LogP contribution in [0, 0.1) is 17.3 Å². The number of carbonyl (C=O) groups is 1. The van der Waals surface area contributed by atoms with Gasteiger partial charge in [0.25, 0.3) is 0 Å². The van der Waals surface area contributed by atoms with Gasteiger partial charge >= 0.3 is 0 Å². The Hall–Kier alpha value is -2.68. The number of fused-ring (bicyclic) bond motifs is 3. The van der Waals surface area contributed by atoms with E-state index in [-0.39, 0.29) is 17.2 Å². The van der Waals surface area contributed by atoms with Crippen LogP contribution in [0.1, 0.15) is 38.2 Å². The van der Waals surface area contributed by atoms with Gasteiger partial charge in [0, 0.05) is 11.5 Å². The highest BCUT2D eigenvalue weighted by molar-refractivity contribution is 6.13. The lowest BCUT2D eigenvalue weighted by molar-refractivity contribution is -0.123. The second-order valence-corrected chi connectivity index (χ2v) is 8.30. The van der Waals surface area contributed by atoms with E-state index >= 15 is 0 Å². The molecule has 1 amide bonds. The van der Waals surface area contributed by atoms with Gasteiger partial charge in [0.05, 0.1) is 6.21 Å². The highest BCUT2D eigenvalue weighted by atomic mass is 16.2. The summed E-state index contributed by atoms with van der Waals surface area (Å²) in [5, 5.41) is 9.05. The number of benzene rings is 3. The molecule has 5 rings (SSSR count). The summed E-state index contributed by atoms with van der Waals surface area (Å²) in [6, 6.07) is 18.9. The molecule has 3 aromatic carbocycles. The van der Waals surface area contributed by atoms with E-state index in [4.69, 9.17) is 0 Å². The maximum absolute atomic E-state index is 12.7. The largest absolute Gasteiger partial charge is 0.273 e. The number of amides is 1. The zero-order valence-corrected chi connectivity index (χ0v) is 15.6. The molecule has 2 aliphatic rings. The minimum Gasteiger partial charge on any atom is -0.273 e. The maximum Gasteiger partial charge on any atom is 0.244 e. The highest BCUT2D eigenvalue weighted by Crippen LogP contribution is 2.66. The molecule has 0 aliphatic heterocycles. The summed E-state index contributed by atoms with van der Waals surface area (Å²) in [7, 11) is 0. The van der Waals surface area contributed by atoms with Crippen molar-refractivity contribution in [2.45, 2.75) is 32.6 Å². The standard InChI is InChI=1S/C24H24N2O/c1-24-13-7-6-12-21(24)22(24)23(27)26-25-15-20-18-10-4-2-8-16(18)14-17-9-3-5-11-19(17)20/h2-5,8-11,14-15,21-22H,6-7,12-13H2,1H3,(H,26,27)/b25-15-/t21-,22+,24-/m0/s1. The van der Waals surface area contributed by atoms with Crippen molar-refractivity contribution in [3.63, 3.8) is 0 Å². The fourth-order valence-corrected chi connectivity index (χ4v) is 5.27. The second kappa shape index (κ2) is 6.19. The van der Waals surface area contributed by atoms with Crippen molar-refractivity contribution in [3.05, 3.63) is 60.2 Å². The normalized spacial score (nSPS) is 27.0. The first-order valence-corrected chi connectivity index (χ1v) is 9.92. The van der Waals surface area contributed by atoms with Crippen LogP contribution in [0.25, 0.3) is 21.5 Å². The molecule has 3 nitrogen and oxygen atoms in total. The molecule has 0 aromatic heterocycles. The molecule has 1 N–H and O–H groups in total. The van der Waals surface area contributed by atoms with Gasteiger partial charge < -0.3 is 0 Å². The van der Waals surface area contributed by atoms with Crippen molar-refractivity contribution >= 4 is 33.7 Å². The van der Waals surface area contributed by atoms with Gasteiger partial charge in [-0.3, -0.25) is 4.79 Å². The molecule has 0 saturated heterocycles. The smallest absolute Gasteiger partial charge is 0.244 e. The average Bonchev–Trinajstić information content (AvgIpc) is 3.33. The first-order valence-electron chi connectivity index (χ1n) is 9.92. The number of hydrogen-bond donors (Lipinski definition) is 1. The molecule has 0 bridgehead atoms. The average molecular weight is 356 g/mol. The fourth-order valence-electron chi connectivity index (χ4n) is 5.27. The zero-order valence-electron chi connectivity index (χ0n) is 15.6. The van der Waals surface area contributed by atoms with E-state index in [1.807, 2.05) is 18.3 Å². The molecule has 3 atom stereocenters. The van der Waals surface area contributed by atoms with Crippen LogP contribution in [0.15, 0.2) is 59.7 Å². The Bertz CT molecular complexity index is 1020. The first-order chi connectivity index (χ1) is 13.2. The predicted octanol–water partition coefficient (Wildman–Crippen LogP) is 5.27. The summed E-state index contributed by atoms with van der Waals surface area (Å²) in [6.07, 6.45) is 6.69. The van der Waals surface area contributed by atoms with Gasteiger partial charge in [-0.05, 0) is 51.8 Å². The monoisotopic (exact) mass is 356 g/mol. The Morgan fingerprint density at radius 2 is 1.74 bits per heavy atom. The van der Waals surface area contributed by atoms with Crippen LogP contribution in [0.3, 0.4) is 0 Å². The van der Waals surface area contributed by atoms with Crippen molar-refractivity contribution in [2.75, 3.05) is 0 Å². The molecule has 0 spiro atoms. The topological polar surface area (TPSA) is 41.5 Å². The van der Waals surface area contributed by atoms with Gasteiger partial charge in [-0.15, -0.1) is 0 Å². The van der Waals surface area contributed by atoms with Crippen LogP contribution in [-0.4, -0.2) is 12.1 Å². The third-order valence-corrected chi connectivity index (χ3v) is 6.80. The van der Waals surface area contributed by atoms with Crippen LogP contribution in [0.2, 0.25) is 0 Å². The van der Waals surface area contributed by atoms with Gasteiger partial charge in [0.1, 0.15) is 0 Å². The van der Waals surface area contributed by atoms with Crippen molar-refractivity contribution in [1.82, 2.24) is 5.43 Å². The minimum atomic E-state index is 0.0881. The summed E-state index contributed by atoms with van der Waals surface area (Å²) >= 11 is 0. The predicted molar refractivity (Wildman–Crippen MR) is 111 cm³/mol. The Kier molecular flexibility index (Phi) is 3.78. The SMILES string of the molecule is C[C@]12CCCC[C@H]1[C@@H]2C(=O)N/N=C\c1c2ccccc2cc2ccccc12. The molecule has 0 heterocycles. The molecule has 27 heavy (non-hydrogen) atoms. The lowest BCUT2D eigenvalue weighted by atomic mass is 9.90. The second-order valence-electron chi connectivity index (χ2n) is 8.30. The summed E-state index contributed by atoms with van der Waals surface area (Å²) < 4.78 is 0. The third kappa shape index (κ3) is 2.64. The lowest BCUT2D eigenvalue weighted by Crippen LogP contribution is -2.22. The van der Waals surface area contributed by atoms with Gasteiger partial charge in [-0.1, -0.05) is 68.3 Å². The lowest BCUT2D eigenvalue weighted by Gasteiger charge is -2.15. The number of hydrazone groups is 1. The van der Waals surface area contributed by atoms with Crippen molar-refractivity contribution < 1.29 is 4.79 Å². The summed E-state index contributed by atoms with van der Waals surface area (Å²) in [5.74, 6) is 0.784. The van der Waals surface area contributed by atoms with Gasteiger partial charge in [-0.25, -0.2) is 5.43 Å². The van der Waals surface area contributed by atoms with Crippen LogP contribution in [-0.2, 0) is 4.79 Å². The van der Waals surface area contributed by atoms with E-state index < -0.39 is 0 Å². The highest BCUT2D eigenvalue weighted by Gasteiger charge is 2.64. The third-order valence-electron chi connectivity index (χ3n) is 6.80. The molecule has 0 unspecified atom stereocenters. The molecule has 2 aliphatic carbocycles. The molecule has 2 fully saturated rings. The Labute approximate surface area is 159 Å². The van der Waals surface area contributed by atoms with Crippen molar-refractivity contribution in [2.24, 2.45) is 22.4 Å². The molecule has 3 heteroatoms. The van der Waals surface area contributed by atoms with E-state index in [1.54, 1.807) is 0 Å². The number of hydrogen-bond acceptors (Lipinski definition) is 2. The molecule has 2 saturated carbocycles. The molecule has 136 valence electrons. The fraction of sp³-hybridized carbons (Fsp3) is 0.333. The number of nitrogens with zero attached hydrogens (tertiary/aromatic N) is 1. The van der Waals surface area contributed by atoms with E-state index in [0.29, 0.717) is 5.92 Å². The van der Waals surface area contributed by atoms with Crippen LogP contribution in [0.4, 0.5) is 0 Å². The maximum atomic E-state index is 12.7. The Morgan fingerprint density at radius 3 is 2.37 bits per heavy atom. The van der Waals surface area contributed by atoms with Gasteiger partial charge in [0.15, 0.2) is 0 Å². The van der Waals surface area contributed by atoms with Crippen LogP contribution < -0.4 is 5.43 Å². The number of rotatable bonds is 3. The van der Waals surface area contributed by atoms with E-state index in [2.05, 4.69) is 59.9 Å². The van der Waals surface area contributed by atoms with Gasteiger partial charge in [-0.2, -0.15) is 5.10 Å². The van der Waals surface area contributed by atoms with Crippen LogP contribution >= 0.6 is 0 Å². The summed E-state index contributed by atoms with van der Waals surface area (Å²) in [6.45, 7) is 2.27. The summed E-state index contributed by atoms with van der Waals surface area (Å²) in [5.41, 5.74) is 4.11. The number of carbonyl (C=O) groups excluding carboxylic acids is 1. The molecule has 3 aromatic rings. The van der Waals surface area contributed by atoms with Crippen molar-refractivity contribution in [3.8, 4) is 0 Å². The van der Waals surface area contributed by atoms with E-state index in [0.717, 1.165) is 16.3 Å². The zero-order chi connectivity index (χ0) is 18.4. The quantitative estimate of drug-likeness (QED) is 0.388. The molecule has 0 radical (unpaired) electrons.